The van der Waals surface area contributed by atoms with E-state index in [0.29, 0.717) is 5.46 Å². The SMILES string of the molecule is CC1(C)OB(c2ccc(Cn3ccc(C(F)(F)F)n3)c(F)c2)OC1(C)C. The van der Waals surface area contributed by atoms with E-state index in [1.165, 1.54) is 18.3 Å². The molecule has 0 spiro atoms. The van der Waals surface area contributed by atoms with Gasteiger partial charge in [-0.2, -0.15) is 18.3 Å². The Hall–Kier alpha value is -1.87. The maximum atomic E-state index is 14.4. The third-order valence-electron chi connectivity index (χ3n) is 4.87. The van der Waals surface area contributed by atoms with Crippen molar-refractivity contribution in [1.82, 2.24) is 9.78 Å². The van der Waals surface area contributed by atoms with E-state index in [2.05, 4.69) is 5.10 Å². The normalized spacial score (nSPS) is 19.2. The van der Waals surface area contributed by atoms with Crippen LogP contribution in [0.2, 0.25) is 0 Å². The third-order valence-corrected chi connectivity index (χ3v) is 4.87. The highest BCUT2D eigenvalue weighted by atomic mass is 19.4. The van der Waals surface area contributed by atoms with Crippen LogP contribution < -0.4 is 5.46 Å². The monoisotopic (exact) mass is 370 g/mol. The molecule has 0 bridgehead atoms. The van der Waals surface area contributed by atoms with Crippen LogP contribution in [-0.2, 0) is 22.0 Å². The fraction of sp³-hybridized carbons (Fsp3) is 0.471. The maximum absolute atomic E-state index is 14.4. The molecule has 0 N–H and O–H groups in total. The van der Waals surface area contributed by atoms with Gasteiger partial charge in [0.15, 0.2) is 5.69 Å². The van der Waals surface area contributed by atoms with Gasteiger partial charge in [0.1, 0.15) is 5.82 Å². The van der Waals surface area contributed by atoms with Gasteiger partial charge in [0.2, 0.25) is 0 Å². The lowest BCUT2D eigenvalue weighted by molar-refractivity contribution is -0.141. The minimum absolute atomic E-state index is 0.106. The smallest absolute Gasteiger partial charge is 0.399 e. The number of alkyl halides is 3. The lowest BCUT2D eigenvalue weighted by Crippen LogP contribution is -2.41. The van der Waals surface area contributed by atoms with E-state index in [-0.39, 0.29) is 12.1 Å². The Labute approximate surface area is 149 Å². The Morgan fingerprint density at radius 2 is 1.69 bits per heavy atom. The summed E-state index contributed by atoms with van der Waals surface area (Å²) in [5.74, 6) is -0.554. The zero-order chi connectivity index (χ0) is 19.3. The van der Waals surface area contributed by atoms with Gasteiger partial charge >= 0.3 is 13.3 Å². The first kappa shape index (κ1) is 18.9. The van der Waals surface area contributed by atoms with Gasteiger partial charge in [0, 0.05) is 11.8 Å². The number of benzene rings is 1. The minimum atomic E-state index is -4.52. The number of aromatic nitrogens is 2. The molecule has 2 aromatic rings. The van der Waals surface area contributed by atoms with Crippen LogP contribution in [-0.4, -0.2) is 28.1 Å². The Morgan fingerprint density at radius 1 is 1.08 bits per heavy atom. The van der Waals surface area contributed by atoms with E-state index in [1.807, 2.05) is 27.7 Å². The molecule has 2 heterocycles. The molecule has 1 aromatic carbocycles. The van der Waals surface area contributed by atoms with Crippen LogP contribution in [0, 0.1) is 5.82 Å². The van der Waals surface area contributed by atoms with Crippen molar-refractivity contribution in [2.75, 3.05) is 0 Å². The first-order chi connectivity index (χ1) is 11.9. The molecule has 4 nitrogen and oxygen atoms in total. The molecule has 0 atom stereocenters. The van der Waals surface area contributed by atoms with E-state index in [4.69, 9.17) is 9.31 Å². The molecule has 1 aliphatic rings. The minimum Gasteiger partial charge on any atom is -0.399 e. The van der Waals surface area contributed by atoms with Gasteiger partial charge in [-0.1, -0.05) is 12.1 Å². The number of hydrogen-bond acceptors (Lipinski definition) is 3. The fourth-order valence-electron chi connectivity index (χ4n) is 2.59. The number of nitrogens with zero attached hydrogens (tertiary/aromatic N) is 2. The van der Waals surface area contributed by atoms with Crippen LogP contribution in [0.25, 0.3) is 0 Å². The Balaban J connectivity index is 1.78. The topological polar surface area (TPSA) is 36.3 Å². The molecule has 1 aromatic heterocycles. The molecule has 0 unspecified atom stereocenters. The summed E-state index contributed by atoms with van der Waals surface area (Å²) in [5, 5.41) is 3.43. The third kappa shape index (κ3) is 3.50. The van der Waals surface area contributed by atoms with E-state index >= 15 is 0 Å². The summed E-state index contributed by atoms with van der Waals surface area (Å²) in [5.41, 5.74) is -1.36. The van der Waals surface area contributed by atoms with Crippen molar-refractivity contribution in [2.24, 2.45) is 0 Å². The average Bonchev–Trinajstić information content (AvgIpc) is 3.04. The van der Waals surface area contributed by atoms with Crippen LogP contribution in [0.15, 0.2) is 30.5 Å². The summed E-state index contributed by atoms with van der Waals surface area (Å²) >= 11 is 0. The van der Waals surface area contributed by atoms with Crippen molar-refractivity contribution in [3.8, 4) is 0 Å². The van der Waals surface area contributed by atoms with Crippen LogP contribution >= 0.6 is 0 Å². The molecule has 26 heavy (non-hydrogen) atoms. The van der Waals surface area contributed by atoms with Gasteiger partial charge in [-0.15, -0.1) is 0 Å². The zero-order valence-electron chi connectivity index (χ0n) is 14.9. The fourth-order valence-corrected chi connectivity index (χ4v) is 2.59. The van der Waals surface area contributed by atoms with Crippen molar-refractivity contribution in [3.63, 3.8) is 0 Å². The Kier molecular flexibility index (Phi) is 4.43. The Morgan fingerprint density at radius 3 is 2.19 bits per heavy atom. The predicted molar refractivity (Wildman–Crippen MR) is 88.4 cm³/mol. The van der Waals surface area contributed by atoms with Gasteiger partial charge in [0.25, 0.3) is 0 Å². The molecule has 140 valence electrons. The molecular weight excluding hydrogens is 351 g/mol. The number of rotatable bonds is 3. The second kappa shape index (κ2) is 6.09. The van der Waals surface area contributed by atoms with Crippen molar-refractivity contribution in [1.29, 1.82) is 0 Å². The molecule has 1 saturated heterocycles. The maximum Gasteiger partial charge on any atom is 0.494 e. The molecule has 1 aliphatic heterocycles. The van der Waals surface area contributed by atoms with Crippen LogP contribution in [0.1, 0.15) is 39.0 Å². The Bertz CT molecular complexity index is 801. The van der Waals surface area contributed by atoms with E-state index in [9.17, 15) is 17.6 Å². The second-order valence-electron chi connectivity index (χ2n) is 7.34. The molecule has 0 amide bonds. The highest BCUT2D eigenvalue weighted by Gasteiger charge is 2.51. The summed E-state index contributed by atoms with van der Waals surface area (Å²) in [6.07, 6.45) is -3.35. The summed E-state index contributed by atoms with van der Waals surface area (Å²) < 4.78 is 65.0. The highest BCUT2D eigenvalue weighted by Crippen LogP contribution is 2.36. The van der Waals surface area contributed by atoms with Crippen molar-refractivity contribution < 1.29 is 26.9 Å². The van der Waals surface area contributed by atoms with Crippen LogP contribution in [0.5, 0.6) is 0 Å². The van der Waals surface area contributed by atoms with Gasteiger partial charge in [-0.25, -0.2) is 4.39 Å². The summed E-state index contributed by atoms with van der Waals surface area (Å²) in [7, 11) is -0.704. The van der Waals surface area contributed by atoms with Crippen molar-refractivity contribution in [3.05, 3.63) is 47.5 Å². The molecule has 3 rings (SSSR count). The largest absolute Gasteiger partial charge is 0.494 e. The van der Waals surface area contributed by atoms with Crippen LogP contribution in [0.3, 0.4) is 0 Å². The van der Waals surface area contributed by atoms with Crippen LogP contribution in [0.4, 0.5) is 17.6 Å². The molecule has 0 radical (unpaired) electrons. The molecule has 0 saturated carbocycles. The molecule has 0 aliphatic carbocycles. The lowest BCUT2D eigenvalue weighted by atomic mass is 9.78. The predicted octanol–water partition coefficient (Wildman–Crippen LogP) is 3.39. The summed E-state index contributed by atoms with van der Waals surface area (Å²) in [6, 6.07) is 5.29. The zero-order valence-corrected chi connectivity index (χ0v) is 14.9. The van der Waals surface area contributed by atoms with E-state index in [1.54, 1.807) is 6.07 Å². The van der Waals surface area contributed by atoms with Crippen molar-refractivity contribution in [2.45, 2.75) is 51.6 Å². The van der Waals surface area contributed by atoms with Gasteiger partial charge in [0.05, 0.1) is 17.7 Å². The quantitative estimate of drug-likeness (QED) is 0.614. The standard InChI is InChI=1S/C17H19BF4N2O2/c1-15(2)16(3,4)26-18(25-15)12-6-5-11(13(19)9-12)10-24-8-7-14(23-24)17(20,21)22/h5-9H,10H2,1-4H3. The van der Waals surface area contributed by atoms with Gasteiger partial charge < -0.3 is 9.31 Å². The van der Waals surface area contributed by atoms with Crippen molar-refractivity contribution >= 4 is 12.6 Å². The summed E-state index contributed by atoms with van der Waals surface area (Å²) in [4.78, 5) is 0. The highest BCUT2D eigenvalue weighted by molar-refractivity contribution is 6.62. The van der Waals surface area contributed by atoms with E-state index in [0.717, 1.165) is 10.7 Å². The number of hydrogen-bond donors (Lipinski definition) is 0. The average molecular weight is 370 g/mol. The van der Waals surface area contributed by atoms with Gasteiger partial charge in [-0.3, -0.25) is 4.68 Å². The first-order valence-corrected chi connectivity index (χ1v) is 8.14. The lowest BCUT2D eigenvalue weighted by Gasteiger charge is -2.32. The first-order valence-electron chi connectivity index (χ1n) is 8.14. The molecule has 1 fully saturated rings. The van der Waals surface area contributed by atoms with Gasteiger partial charge in [-0.05, 0) is 45.3 Å². The number of halogens is 4. The summed E-state index contributed by atoms with van der Waals surface area (Å²) in [6.45, 7) is 7.48. The molecule has 9 heteroatoms. The second-order valence-corrected chi connectivity index (χ2v) is 7.34. The molecular formula is C17H19BF4N2O2. The van der Waals surface area contributed by atoms with E-state index < -0.39 is 36.0 Å².